The van der Waals surface area contributed by atoms with E-state index in [1.54, 1.807) is 0 Å². The number of anilines is 1. The van der Waals surface area contributed by atoms with Crippen LogP contribution >= 0.6 is 0 Å². The quantitative estimate of drug-likeness (QED) is 0.600. The zero-order chi connectivity index (χ0) is 21.8. The summed E-state index contributed by atoms with van der Waals surface area (Å²) in [7, 11) is 0. The van der Waals surface area contributed by atoms with E-state index in [1.165, 1.54) is 0 Å². The van der Waals surface area contributed by atoms with Gasteiger partial charge in [0.05, 0.1) is 12.1 Å². The molecule has 0 spiro atoms. The molecular formula is C25H25N3O3. The fraction of sp³-hybridized carbons (Fsp3) is 0.240. The molecule has 0 radical (unpaired) electrons. The number of para-hydroxylation sites is 1. The number of amides is 2. The highest BCUT2D eigenvalue weighted by Gasteiger charge is 2.28. The molecule has 1 heterocycles. The molecule has 0 unspecified atom stereocenters. The van der Waals surface area contributed by atoms with Crippen molar-refractivity contribution in [2.24, 2.45) is 5.10 Å². The Morgan fingerprint density at radius 2 is 1.74 bits per heavy atom. The van der Waals surface area contributed by atoms with Crippen molar-refractivity contribution < 1.29 is 14.0 Å². The second-order valence-corrected chi connectivity index (χ2v) is 7.73. The summed E-state index contributed by atoms with van der Waals surface area (Å²) in [6.45, 7) is 3.81. The lowest BCUT2D eigenvalue weighted by Crippen LogP contribution is -2.23. The highest BCUT2D eigenvalue weighted by atomic mass is 16.4. The van der Waals surface area contributed by atoms with Gasteiger partial charge >= 0.3 is 0 Å². The first kappa shape index (κ1) is 20.6. The van der Waals surface area contributed by atoms with Gasteiger partial charge in [0.2, 0.25) is 5.91 Å². The molecule has 6 nitrogen and oxygen atoms in total. The van der Waals surface area contributed by atoms with Crippen molar-refractivity contribution in [2.45, 2.75) is 39.5 Å². The van der Waals surface area contributed by atoms with Gasteiger partial charge in [-0.25, -0.2) is 5.43 Å². The van der Waals surface area contributed by atoms with E-state index >= 15 is 0 Å². The molecule has 2 aromatic carbocycles. The van der Waals surface area contributed by atoms with E-state index in [-0.39, 0.29) is 18.2 Å². The Balaban J connectivity index is 1.52. The molecule has 2 N–H and O–H groups in total. The number of hydrazone groups is 1. The van der Waals surface area contributed by atoms with Crippen molar-refractivity contribution in [3.05, 3.63) is 88.4 Å². The zero-order valence-electron chi connectivity index (χ0n) is 17.7. The highest BCUT2D eigenvalue weighted by Crippen LogP contribution is 2.30. The van der Waals surface area contributed by atoms with E-state index in [2.05, 4.69) is 15.8 Å². The molecule has 0 bridgehead atoms. The number of rotatable bonds is 5. The summed E-state index contributed by atoms with van der Waals surface area (Å²) in [6, 6.07) is 17.2. The number of hydrogen-bond acceptors (Lipinski definition) is 4. The molecule has 0 saturated heterocycles. The van der Waals surface area contributed by atoms with E-state index in [0.29, 0.717) is 5.76 Å². The third-order valence-electron chi connectivity index (χ3n) is 5.45. The molecule has 158 valence electrons. The smallest absolute Gasteiger partial charge is 0.291 e. The summed E-state index contributed by atoms with van der Waals surface area (Å²) in [4.78, 5) is 25.2. The van der Waals surface area contributed by atoms with Crippen LogP contribution in [-0.2, 0) is 17.6 Å². The van der Waals surface area contributed by atoms with Crippen LogP contribution in [0.2, 0.25) is 0 Å². The van der Waals surface area contributed by atoms with E-state index in [9.17, 15) is 9.59 Å². The van der Waals surface area contributed by atoms with Crippen molar-refractivity contribution in [2.75, 3.05) is 5.32 Å². The predicted octanol–water partition coefficient (Wildman–Crippen LogP) is 4.55. The Labute approximate surface area is 181 Å². The average molecular weight is 415 g/mol. The molecule has 0 aliphatic heterocycles. The lowest BCUT2D eigenvalue weighted by Gasteiger charge is -2.13. The minimum Gasteiger partial charge on any atom is -0.455 e. The molecular weight excluding hydrogens is 390 g/mol. The van der Waals surface area contributed by atoms with Crippen LogP contribution in [0.4, 0.5) is 5.69 Å². The number of benzene rings is 2. The molecule has 0 atom stereocenters. The number of nitrogens with zero attached hydrogens (tertiary/aromatic N) is 1. The van der Waals surface area contributed by atoms with Crippen molar-refractivity contribution >= 4 is 23.2 Å². The minimum absolute atomic E-state index is 0.176. The first-order valence-corrected chi connectivity index (χ1v) is 10.4. The molecule has 6 heteroatoms. The van der Waals surface area contributed by atoms with E-state index < -0.39 is 0 Å². The number of nitrogens with one attached hydrogen (secondary N) is 2. The van der Waals surface area contributed by atoms with Gasteiger partial charge in [-0.15, -0.1) is 0 Å². The van der Waals surface area contributed by atoms with Crippen LogP contribution in [0.5, 0.6) is 0 Å². The maximum atomic E-state index is 12.9. The second-order valence-electron chi connectivity index (χ2n) is 7.73. The van der Waals surface area contributed by atoms with Crippen molar-refractivity contribution in [3.63, 3.8) is 0 Å². The number of fused-ring (bicyclic) bond motifs is 1. The van der Waals surface area contributed by atoms with Gasteiger partial charge in [-0.05, 0) is 43.9 Å². The van der Waals surface area contributed by atoms with Gasteiger partial charge in [-0.2, -0.15) is 5.10 Å². The molecule has 1 aromatic heterocycles. The normalized spacial score (nSPS) is 14.2. The van der Waals surface area contributed by atoms with Crippen LogP contribution < -0.4 is 10.7 Å². The molecule has 1 aliphatic carbocycles. The van der Waals surface area contributed by atoms with Gasteiger partial charge in [-0.1, -0.05) is 48.5 Å². The predicted molar refractivity (Wildman–Crippen MR) is 120 cm³/mol. The van der Waals surface area contributed by atoms with E-state index in [4.69, 9.17) is 4.42 Å². The van der Waals surface area contributed by atoms with Gasteiger partial charge in [0, 0.05) is 23.2 Å². The van der Waals surface area contributed by atoms with Gasteiger partial charge in [0.1, 0.15) is 5.76 Å². The molecule has 4 rings (SSSR count). The molecule has 3 aromatic rings. The van der Waals surface area contributed by atoms with Crippen LogP contribution in [0, 0.1) is 13.8 Å². The largest absolute Gasteiger partial charge is 0.455 e. The molecule has 2 amide bonds. The fourth-order valence-electron chi connectivity index (χ4n) is 3.84. The average Bonchev–Trinajstić information content (AvgIpc) is 3.12. The van der Waals surface area contributed by atoms with Gasteiger partial charge in [0.25, 0.3) is 5.91 Å². The van der Waals surface area contributed by atoms with Crippen LogP contribution in [0.25, 0.3) is 0 Å². The summed E-state index contributed by atoms with van der Waals surface area (Å²) >= 11 is 0. The highest BCUT2D eigenvalue weighted by molar-refractivity contribution is 6.09. The lowest BCUT2D eigenvalue weighted by molar-refractivity contribution is -0.120. The lowest BCUT2D eigenvalue weighted by atomic mass is 9.93. The van der Waals surface area contributed by atoms with Crippen LogP contribution in [0.1, 0.15) is 51.4 Å². The molecule has 31 heavy (non-hydrogen) atoms. The summed E-state index contributed by atoms with van der Waals surface area (Å²) in [6.07, 6.45) is 2.58. The summed E-state index contributed by atoms with van der Waals surface area (Å²) in [5.41, 5.74) is 7.65. The van der Waals surface area contributed by atoms with Crippen molar-refractivity contribution in [1.82, 2.24) is 5.43 Å². The first-order valence-electron chi connectivity index (χ1n) is 10.4. The monoisotopic (exact) mass is 415 g/mol. The SMILES string of the molecule is Cc1ccccc1NC(=O)c1oc2c(c1C)/C(=N/NC(=O)Cc1ccccc1)CCC2. The third kappa shape index (κ3) is 4.58. The number of hydrogen-bond donors (Lipinski definition) is 2. The van der Waals surface area contributed by atoms with Crippen molar-refractivity contribution in [3.8, 4) is 0 Å². The Kier molecular flexibility index (Phi) is 5.98. The maximum Gasteiger partial charge on any atom is 0.291 e. The number of aryl methyl sites for hydroxylation is 2. The number of carbonyl (C=O) groups excluding carboxylic acids is 2. The summed E-state index contributed by atoms with van der Waals surface area (Å²) in [5, 5.41) is 7.30. The van der Waals surface area contributed by atoms with Gasteiger partial charge in [0.15, 0.2) is 5.76 Å². The number of carbonyl (C=O) groups is 2. The van der Waals surface area contributed by atoms with Crippen LogP contribution in [-0.4, -0.2) is 17.5 Å². The first-order chi connectivity index (χ1) is 15.0. The van der Waals surface area contributed by atoms with Crippen LogP contribution in [0.3, 0.4) is 0 Å². The third-order valence-corrected chi connectivity index (χ3v) is 5.45. The fourth-order valence-corrected chi connectivity index (χ4v) is 3.84. The molecule has 0 fully saturated rings. The van der Waals surface area contributed by atoms with Crippen LogP contribution in [0.15, 0.2) is 64.1 Å². The number of furan rings is 1. The Morgan fingerprint density at radius 1 is 1.00 bits per heavy atom. The topological polar surface area (TPSA) is 83.7 Å². The van der Waals surface area contributed by atoms with E-state index in [1.807, 2.05) is 68.4 Å². The summed E-state index contributed by atoms with van der Waals surface area (Å²) < 4.78 is 5.94. The van der Waals surface area contributed by atoms with Gasteiger partial charge < -0.3 is 9.73 Å². The Bertz CT molecular complexity index is 1150. The zero-order valence-corrected chi connectivity index (χ0v) is 17.7. The van der Waals surface area contributed by atoms with Gasteiger partial charge in [-0.3, -0.25) is 9.59 Å². The Hall–Kier alpha value is -3.67. The second kappa shape index (κ2) is 9.00. The minimum atomic E-state index is -0.284. The maximum absolute atomic E-state index is 12.9. The summed E-state index contributed by atoms with van der Waals surface area (Å²) in [5.74, 6) is 0.575. The molecule has 0 saturated carbocycles. The Morgan fingerprint density at radius 3 is 2.52 bits per heavy atom. The standard InChI is InChI=1S/C25H25N3O3/c1-16-9-6-7-12-19(16)26-25(30)24-17(2)23-20(13-8-14-21(23)31-24)27-28-22(29)15-18-10-4-3-5-11-18/h3-7,9-12H,8,13-15H2,1-2H3,(H,26,30)(H,28,29)/b27-20+. The van der Waals surface area contributed by atoms with Crippen molar-refractivity contribution in [1.29, 1.82) is 0 Å². The molecule has 1 aliphatic rings. The van der Waals surface area contributed by atoms with E-state index in [0.717, 1.165) is 58.7 Å².